The topological polar surface area (TPSA) is 46.1 Å². The molecule has 1 fully saturated rings. The first-order valence-corrected chi connectivity index (χ1v) is 7.45. The Bertz CT molecular complexity index is 537. The molecule has 0 spiro atoms. The summed E-state index contributed by atoms with van der Waals surface area (Å²) >= 11 is 0. The number of benzene rings is 1. The van der Waals surface area contributed by atoms with E-state index in [2.05, 4.69) is 22.0 Å². The van der Waals surface area contributed by atoms with Gasteiger partial charge in [-0.25, -0.2) is 0 Å². The van der Waals surface area contributed by atoms with Gasteiger partial charge in [0.25, 0.3) is 0 Å². The monoisotopic (exact) mass is 455 g/mol. The van der Waals surface area contributed by atoms with Gasteiger partial charge in [-0.05, 0) is 17.7 Å². The molecule has 1 aromatic carbocycles. The number of halogens is 3. The van der Waals surface area contributed by atoms with Crippen molar-refractivity contribution in [1.29, 1.82) is 0 Å². The van der Waals surface area contributed by atoms with Crippen LogP contribution in [0.5, 0.6) is 5.75 Å². The van der Waals surface area contributed by atoms with Gasteiger partial charge in [0.2, 0.25) is 0 Å². The molecule has 0 atom stereocenters. The Balaban J connectivity index is 0.00000288. The van der Waals surface area contributed by atoms with E-state index in [-0.39, 0.29) is 35.1 Å². The van der Waals surface area contributed by atoms with Gasteiger partial charge in [-0.1, -0.05) is 19.1 Å². The van der Waals surface area contributed by atoms with Crippen LogP contribution in [0.1, 0.15) is 12.5 Å². The zero-order valence-electron chi connectivity index (χ0n) is 14.1. The summed E-state index contributed by atoms with van der Waals surface area (Å²) in [5.41, 5.74) is 1.14. The first kappa shape index (κ1) is 20.9. The average molecular weight is 455 g/mol. The molecule has 136 valence electrons. The minimum absolute atomic E-state index is 0. The second-order valence-corrected chi connectivity index (χ2v) is 6.08. The van der Waals surface area contributed by atoms with E-state index < -0.39 is 6.61 Å². The molecule has 0 bridgehead atoms. The first-order chi connectivity index (χ1) is 10.9. The zero-order chi connectivity index (χ0) is 16.9. The van der Waals surface area contributed by atoms with Gasteiger partial charge in [0.05, 0.1) is 13.2 Å². The number of nitrogens with one attached hydrogen (secondary N) is 1. The predicted octanol–water partition coefficient (Wildman–Crippen LogP) is 2.95. The molecular formula is C16H24F2IN3O2. The molecule has 1 aliphatic rings. The minimum Gasteiger partial charge on any atom is -0.435 e. The fraction of sp³-hybridized carbons (Fsp3) is 0.562. The molecule has 8 heteroatoms. The SMILES string of the molecule is CN=C(NCC1(C)COC1)N(C)Cc1ccc(OC(F)F)cc1.I. The molecule has 5 nitrogen and oxygen atoms in total. The van der Waals surface area contributed by atoms with Gasteiger partial charge in [-0.15, -0.1) is 24.0 Å². The van der Waals surface area contributed by atoms with Crippen molar-refractivity contribution in [1.82, 2.24) is 10.2 Å². The molecule has 0 saturated carbocycles. The molecule has 1 N–H and O–H groups in total. The van der Waals surface area contributed by atoms with E-state index in [1.54, 1.807) is 19.2 Å². The average Bonchev–Trinajstić information content (AvgIpc) is 2.47. The van der Waals surface area contributed by atoms with Crippen LogP contribution in [0.25, 0.3) is 0 Å². The highest BCUT2D eigenvalue weighted by atomic mass is 127. The highest BCUT2D eigenvalue weighted by molar-refractivity contribution is 14.0. The van der Waals surface area contributed by atoms with Crippen LogP contribution in [0.2, 0.25) is 0 Å². The van der Waals surface area contributed by atoms with Crippen LogP contribution < -0.4 is 10.1 Å². The molecule has 2 rings (SSSR count). The Morgan fingerprint density at radius 1 is 1.38 bits per heavy atom. The maximum absolute atomic E-state index is 12.1. The number of hydrogen-bond acceptors (Lipinski definition) is 3. The van der Waals surface area contributed by atoms with Gasteiger partial charge in [-0.2, -0.15) is 8.78 Å². The van der Waals surface area contributed by atoms with Gasteiger partial charge >= 0.3 is 6.61 Å². The van der Waals surface area contributed by atoms with Crippen LogP contribution in [0.4, 0.5) is 8.78 Å². The number of ether oxygens (including phenoxy) is 2. The predicted molar refractivity (Wildman–Crippen MR) is 100 cm³/mol. The van der Waals surface area contributed by atoms with Crippen molar-refractivity contribution in [3.8, 4) is 5.75 Å². The number of rotatable bonds is 6. The van der Waals surface area contributed by atoms with Crippen LogP contribution in [0, 0.1) is 5.41 Å². The second-order valence-electron chi connectivity index (χ2n) is 6.08. The number of alkyl halides is 2. The molecule has 1 aliphatic heterocycles. The largest absolute Gasteiger partial charge is 0.435 e. The summed E-state index contributed by atoms with van der Waals surface area (Å²) in [5, 5.41) is 3.34. The van der Waals surface area contributed by atoms with Crippen molar-refractivity contribution < 1.29 is 18.3 Å². The molecule has 0 radical (unpaired) electrons. The van der Waals surface area contributed by atoms with Gasteiger partial charge in [-0.3, -0.25) is 4.99 Å². The standard InChI is InChI=1S/C16H23F2N3O2.HI/c1-16(10-22-11-16)9-20-15(19-2)21(3)8-12-4-6-13(7-5-12)23-14(17)18;/h4-7,14H,8-11H2,1-3H3,(H,19,20);1H. The maximum Gasteiger partial charge on any atom is 0.387 e. The summed E-state index contributed by atoms with van der Waals surface area (Å²) in [6.45, 7) is 2.29. The Kier molecular flexibility index (Phi) is 8.14. The third-order valence-electron chi connectivity index (χ3n) is 3.72. The zero-order valence-corrected chi connectivity index (χ0v) is 16.4. The van der Waals surface area contributed by atoms with Crippen LogP contribution in [0.3, 0.4) is 0 Å². The molecular weight excluding hydrogens is 431 g/mol. The summed E-state index contributed by atoms with van der Waals surface area (Å²) < 4.78 is 33.9. The van der Waals surface area contributed by atoms with E-state index in [0.717, 1.165) is 31.3 Å². The van der Waals surface area contributed by atoms with Crippen LogP contribution in [-0.2, 0) is 11.3 Å². The van der Waals surface area contributed by atoms with Crippen molar-refractivity contribution in [3.05, 3.63) is 29.8 Å². The lowest BCUT2D eigenvalue weighted by atomic mass is 9.89. The quantitative estimate of drug-likeness (QED) is 0.407. The fourth-order valence-electron chi connectivity index (χ4n) is 2.35. The summed E-state index contributed by atoms with van der Waals surface area (Å²) in [6.07, 6.45) is 0. The highest BCUT2D eigenvalue weighted by Gasteiger charge is 2.33. The molecule has 0 aromatic heterocycles. The number of aliphatic imine (C=N–C) groups is 1. The second kappa shape index (κ2) is 9.36. The third-order valence-corrected chi connectivity index (χ3v) is 3.72. The smallest absolute Gasteiger partial charge is 0.387 e. The third kappa shape index (κ3) is 6.04. The molecule has 1 aromatic rings. The van der Waals surface area contributed by atoms with Crippen molar-refractivity contribution in [2.75, 3.05) is 33.9 Å². The summed E-state index contributed by atoms with van der Waals surface area (Å²) in [4.78, 5) is 6.25. The van der Waals surface area contributed by atoms with Crippen LogP contribution in [0.15, 0.2) is 29.3 Å². The van der Waals surface area contributed by atoms with E-state index >= 15 is 0 Å². The van der Waals surface area contributed by atoms with Gasteiger partial charge in [0.15, 0.2) is 5.96 Å². The maximum atomic E-state index is 12.1. The lowest BCUT2D eigenvalue weighted by Gasteiger charge is -2.39. The van der Waals surface area contributed by atoms with Crippen molar-refractivity contribution in [3.63, 3.8) is 0 Å². The number of nitrogens with zero attached hydrogens (tertiary/aromatic N) is 2. The number of guanidine groups is 1. The molecule has 24 heavy (non-hydrogen) atoms. The summed E-state index contributed by atoms with van der Waals surface area (Å²) in [7, 11) is 3.66. The van der Waals surface area contributed by atoms with Crippen LogP contribution >= 0.6 is 24.0 Å². The normalized spacial score (nSPS) is 16.2. The Hall–Kier alpha value is -1.16. The Labute approximate surface area is 158 Å². The highest BCUT2D eigenvalue weighted by Crippen LogP contribution is 2.25. The number of hydrogen-bond donors (Lipinski definition) is 1. The summed E-state index contributed by atoms with van der Waals surface area (Å²) in [5.74, 6) is 0.942. The molecule has 0 aliphatic carbocycles. The Morgan fingerprint density at radius 3 is 2.46 bits per heavy atom. The van der Waals surface area contributed by atoms with Crippen molar-refractivity contribution in [2.45, 2.75) is 20.1 Å². The van der Waals surface area contributed by atoms with E-state index in [1.165, 1.54) is 12.1 Å². The fourth-order valence-corrected chi connectivity index (χ4v) is 2.35. The van der Waals surface area contributed by atoms with Crippen LogP contribution in [-0.4, -0.2) is 51.3 Å². The molecule has 1 saturated heterocycles. The molecule has 1 heterocycles. The van der Waals surface area contributed by atoms with Gasteiger partial charge < -0.3 is 19.7 Å². The van der Waals surface area contributed by atoms with E-state index in [9.17, 15) is 8.78 Å². The van der Waals surface area contributed by atoms with Crippen molar-refractivity contribution in [2.24, 2.45) is 10.4 Å². The van der Waals surface area contributed by atoms with Crippen molar-refractivity contribution >= 4 is 29.9 Å². The summed E-state index contributed by atoms with van der Waals surface area (Å²) in [6, 6.07) is 6.61. The van der Waals surface area contributed by atoms with E-state index in [0.29, 0.717) is 6.54 Å². The van der Waals surface area contributed by atoms with Gasteiger partial charge in [0.1, 0.15) is 5.75 Å². The molecule has 0 unspecified atom stereocenters. The van der Waals surface area contributed by atoms with Gasteiger partial charge in [0, 0.05) is 32.6 Å². The lowest BCUT2D eigenvalue weighted by Crippen LogP contribution is -2.51. The Morgan fingerprint density at radius 2 is 2.00 bits per heavy atom. The minimum atomic E-state index is -2.80. The molecule has 0 amide bonds. The first-order valence-electron chi connectivity index (χ1n) is 7.45. The lowest BCUT2D eigenvalue weighted by molar-refractivity contribution is -0.0972. The van der Waals surface area contributed by atoms with E-state index in [4.69, 9.17) is 4.74 Å². The van der Waals surface area contributed by atoms with E-state index in [1.807, 2.05) is 11.9 Å².